The van der Waals surface area contributed by atoms with Crippen molar-refractivity contribution >= 4 is 0 Å². The third-order valence-corrected chi connectivity index (χ3v) is 5.68. The second kappa shape index (κ2) is 20.0. The van der Waals surface area contributed by atoms with Crippen LogP contribution >= 0.6 is 0 Å². The molecule has 3 atom stereocenters. The van der Waals surface area contributed by atoms with Gasteiger partial charge in [0.2, 0.25) is 0 Å². The fourth-order valence-corrected chi connectivity index (χ4v) is 3.97. The smallest absolute Gasteiger partial charge is 0.469 e. The molecule has 1 rings (SSSR count). The van der Waals surface area contributed by atoms with Crippen LogP contribution < -0.4 is 62.0 Å². The molecule has 1 saturated heterocycles. The van der Waals surface area contributed by atoms with Crippen LogP contribution in [0.15, 0.2) is 49.6 Å². The second-order valence-electron chi connectivity index (χ2n) is 9.51. The summed E-state index contributed by atoms with van der Waals surface area (Å²) in [5.74, 6) is 2.04. The van der Waals surface area contributed by atoms with E-state index in [0.717, 1.165) is 49.6 Å². The van der Waals surface area contributed by atoms with Gasteiger partial charge in [-0.2, -0.15) is 0 Å². The van der Waals surface area contributed by atoms with E-state index in [1.807, 2.05) is 19.9 Å². The van der Waals surface area contributed by atoms with Gasteiger partial charge < -0.3 is 20.9 Å². The fourth-order valence-electron chi connectivity index (χ4n) is 3.97. The van der Waals surface area contributed by atoms with Crippen molar-refractivity contribution < 1.29 is 51.4 Å². The van der Waals surface area contributed by atoms with Gasteiger partial charge in [-0.15, -0.1) is 13.2 Å². The Morgan fingerprint density at radius 1 is 0.909 bits per heavy atom. The Balaban J connectivity index is 0. The van der Waals surface area contributed by atoms with E-state index in [1.165, 1.54) is 19.3 Å². The summed E-state index contributed by atoms with van der Waals surface area (Å²) in [7, 11) is 0. The van der Waals surface area contributed by atoms with E-state index in [0.29, 0.717) is 11.8 Å². The quantitative estimate of drug-likeness (QED) is 0.268. The van der Waals surface area contributed by atoms with Crippen LogP contribution in [-0.2, 0) is 0 Å². The van der Waals surface area contributed by atoms with Crippen molar-refractivity contribution in [3.05, 3.63) is 54.9 Å². The maximum Gasteiger partial charge on any atom is 1.00 e. The van der Waals surface area contributed by atoms with E-state index >= 15 is 0 Å². The fraction of sp³-hybridized carbons (Fsp3) is 0.714. The minimum Gasteiger partial charge on any atom is -0.469 e. The summed E-state index contributed by atoms with van der Waals surface area (Å²) < 4.78 is 0. The van der Waals surface area contributed by atoms with E-state index in [4.69, 9.17) is 5.32 Å². The average Bonchev–Trinajstić information content (AvgIpc) is 2.77. The Morgan fingerprint density at radius 2 is 1.45 bits per heavy atom. The van der Waals surface area contributed by atoms with E-state index in [-0.39, 0.29) is 69.5 Å². The standard InChI is InChI=1S/C26H47N4.C2H6.K/c1-10-24(17-19(3)4)27-22(8)26(18-20(5)6)28-21(7)25(11-2)29-23(9)30-15-13-12-14-16-30;1-2;/h10,19-20,24-28H,1,7-9,11-18H2,2-6H3;1-2H3;/q-1;;+1. The van der Waals surface area contributed by atoms with Gasteiger partial charge in [0.15, 0.2) is 0 Å². The first kappa shape index (κ1) is 35.0. The molecule has 5 heteroatoms. The molecule has 186 valence electrons. The number of hydrogen-bond acceptors (Lipinski definition) is 3. The maximum atomic E-state index is 4.93. The monoisotopic (exact) mass is 484 g/mol. The van der Waals surface area contributed by atoms with Crippen molar-refractivity contribution in [2.75, 3.05) is 13.1 Å². The largest absolute Gasteiger partial charge is 1.00 e. The molecule has 0 spiro atoms. The van der Waals surface area contributed by atoms with Gasteiger partial charge >= 0.3 is 51.4 Å². The summed E-state index contributed by atoms with van der Waals surface area (Å²) in [6, 6.07) is 0.361. The molecule has 0 bridgehead atoms. The third-order valence-electron chi connectivity index (χ3n) is 5.68. The van der Waals surface area contributed by atoms with Crippen LogP contribution in [-0.4, -0.2) is 36.1 Å². The van der Waals surface area contributed by atoms with Crippen molar-refractivity contribution in [2.45, 2.75) is 105 Å². The summed E-state index contributed by atoms with van der Waals surface area (Å²) in [5, 5.41) is 12.2. The summed E-state index contributed by atoms with van der Waals surface area (Å²) >= 11 is 0. The zero-order valence-electron chi connectivity index (χ0n) is 23.3. The molecule has 0 aromatic rings. The Bertz CT molecular complexity index is 564. The molecule has 0 aromatic heterocycles. The molecule has 1 aliphatic heterocycles. The van der Waals surface area contributed by atoms with Crippen molar-refractivity contribution in [1.29, 1.82) is 0 Å². The van der Waals surface area contributed by atoms with Crippen LogP contribution in [0.2, 0.25) is 0 Å². The van der Waals surface area contributed by atoms with Crippen molar-refractivity contribution in [2.24, 2.45) is 11.8 Å². The number of rotatable bonds is 15. The third kappa shape index (κ3) is 14.7. The van der Waals surface area contributed by atoms with Gasteiger partial charge in [0, 0.05) is 23.5 Å². The first-order chi connectivity index (χ1) is 15.2. The van der Waals surface area contributed by atoms with E-state index < -0.39 is 0 Å². The van der Waals surface area contributed by atoms with Gasteiger partial charge in [-0.1, -0.05) is 92.8 Å². The minimum atomic E-state index is 0. The molecule has 0 amide bonds. The molecule has 2 N–H and O–H groups in total. The summed E-state index contributed by atoms with van der Waals surface area (Å²) in [6.07, 6.45) is 8.68. The number of nitrogens with zero attached hydrogens (tertiary/aromatic N) is 2. The summed E-state index contributed by atoms with van der Waals surface area (Å²) in [6.45, 7) is 34.2. The first-order valence-corrected chi connectivity index (χ1v) is 12.9. The van der Waals surface area contributed by atoms with Crippen LogP contribution in [0.5, 0.6) is 0 Å². The number of nitrogens with one attached hydrogen (secondary N) is 2. The van der Waals surface area contributed by atoms with Crippen LogP contribution in [0.1, 0.15) is 87.0 Å². The summed E-state index contributed by atoms with van der Waals surface area (Å²) in [5.41, 5.74) is 1.95. The van der Waals surface area contributed by atoms with Gasteiger partial charge in [0.25, 0.3) is 0 Å². The van der Waals surface area contributed by atoms with Crippen LogP contribution in [0.3, 0.4) is 0 Å². The molecule has 0 radical (unpaired) electrons. The molecule has 33 heavy (non-hydrogen) atoms. The molecule has 0 aromatic carbocycles. The average molecular weight is 485 g/mol. The van der Waals surface area contributed by atoms with E-state index in [9.17, 15) is 0 Å². The normalized spacial score (nSPS) is 15.8. The van der Waals surface area contributed by atoms with Crippen LogP contribution in [0.4, 0.5) is 0 Å². The van der Waals surface area contributed by atoms with E-state index in [2.05, 4.69) is 76.5 Å². The number of likely N-dealkylation sites (tertiary alicyclic amines) is 1. The second-order valence-corrected chi connectivity index (χ2v) is 9.51. The van der Waals surface area contributed by atoms with Crippen LogP contribution in [0.25, 0.3) is 5.32 Å². The molecule has 4 nitrogen and oxygen atoms in total. The Kier molecular flexibility index (Phi) is 21.2. The van der Waals surface area contributed by atoms with Crippen molar-refractivity contribution in [3.63, 3.8) is 0 Å². The van der Waals surface area contributed by atoms with Crippen molar-refractivity contribution in [3.8, 4) is 0 Å². The maximum absolute atomic E-state index is 4.93. The van der Waals surface area contributed by atoms with Gasteiger partial charge in [-0.05, 0) is 44.2 Å². The number of hydrogen-bond donors (Lipinski definition) is 2. The predicted octanol–water partition coefficient (Wildman–Crippen LogP) is 4.35. The van der Waals surface area contributed by atoms with Gasteiger partial charge in [-0.25, -0.2) is 0 Å². The topological polar surface area (TPSA) is 41.4 Å². The molecule has 1 aliphatic rings. The molecule has 0 saturated carbocycles. The minimum absolute atomic E-state index is 0. The molecule has 1 heterocycles. The zero-order valence-corrected chi connectivity index (χ0v) is 26.5. The molecular formula is C28H53KN4. The number of piperidine rings is 1. The molecule has 3 unspecified atom stereocenters. The Hall–Kier alpha value is -0.204. The van der Waals surface area contributed by atoms with Gasteiger partial charge in [0.05, 0.1) is 6.04 Å². The SMILES string of the molecule is C=CC(CC(C)C)NC(=C)C(CC(C)C)NC(=C)C(CC)[N-]C(=C)N1CCCCC1.CC.[K+]. The van der Waals surface area contributed by atoms with Gasteiger partial charge in [0.1, 0.15) is 0 Å². The van der Waals surface area contributed by atoms with Gasteiger partial charge in [-0.3, -0.25) is 0 Å². The first-order valence-electron chi connectivity index (χ1n) is 12.9. The van der Waals surface area contributed by atoms with Crippen molar-refractivity contribution in [1.82, 2.24) is 15.5 Å². The molecular weight excluding hydrogens is 431 g/mol. The van der Waals surface area contributed by atoms with E-state index in [1.54, 1.807) is 0 Å². The summed E-state index contributed by atoms with van der Waals surface area (Å²) in [4.78, 5) is 2.31. The Labute approximate surface area is 249 Å². The van der Waals surface area contributed by atoms with Crippen LogP contribution in [0, 0.1) is 11.8 Å². The Morgan fingerprint density at radius 3 is 1.91 bits per heavy atom. The molecule has 0 aliphatic carbocycles. The molecule has 1 fully saturated rings. The zero-order chi connectivity index (χ0) is 24.7. The predicted molar refractivity (Wildman–Crippen MR) is 145 cm³/mol.